The fourth-order valence-electron chi connectivity index (χ4n) is 4.91. The van der Waals surface area contributed by atoms with E-state index in [0.717, 1.165) is 5.56 Å². The molecule has 0 bridgehead atoms. The van der Waals surface area contributed by atoms with E-state index in [1.54, 1.807) is 53.8 Å². The Morgan fingerprint density at radius 2 is 1.52 bits per heavy atom. The van der Waals surface area contributed by atoms with Crippen LogP contribution < -0.4 is 16.4 Å². The summed E-state index contributed by atoms with van der Waals surface area (Å²) in [6, 6.07) is 25.1. The number of para-hydroxylation sites is 2. The monoisotopic (exact) mass is 534 g/mol. The second-order valence-corrected chi connectivity index (χ2v) is 9.69. The molecule has 0 aliphatic heterocycles. The summed E-state index contributed by atoms with van der Waals surface area (Å²) >= 11 is 0. The smallest absolute Gasteiger partial charge is 0.295 e. The fraction of sp³-hybridized carbons (Fsp3) is 0.156. The largest absolute Gasteiger partial charge is 0.506 e. The molecule has 0 radical (unpaired) electrons. The molecular formula is C32H30N4O4. The van der Waals surface area contributed by atoms with E-state index in [-0.39, 0.29) is 23.3 Å². The minimum atomic E-state index is -0.652. The van der Waals surface area contributed by atoms with Crippen molar-refractivity contribution in [2.75, 3.05) is 5.32 Å². The summed E-state index contributed by atoms with van der Waals surface area (Å²) < 4.78 is 4.68. The molecule has 3 aromatic carbocycles. The first-order valence-corrected chi connectivity index (χ1v) is 13.0. The Balaban J connectivity index is 1.55. The topological polar surface area (TPSA) is 98.3 Å². The lowest BCUT2D eigenvalue weighted by atomic mass is 10.0. The van der Waals surface area contributed by atoms with Gasteiger partial charge in [-0.05, 0) is 36.8 Å². The van der Waals surface area contributed by atoms with Crippen LogP contribution in [0.5, 0.6) is 5.75 Å². The standard InChI is InChI=1S/C32H30N4O4/c1-21-29(32(40)36(35(21)3)24-14-8-5-9-15-24)33-23(19-18-22-12-6-4-7-13-22)20-27(37)28-30(38)25-16-10-11-17-26(25)34(2)31(28)39/h4-19,23,33,38H,20H2,1-3H3/b19-18+/t23-/m0/s1. The SMILES string of the molecule is Cc1c(N[C@@H](/C=C/c2ccccc2)CC(=O)c2c(O)c3ccccc3n(C)c2=O)c(=O)n(-c2ccccc2)n1C. The summed E-state index contributed by atoms with van der Waals surface area (Å²) in [5.41, 5.74) is 2.08. The number of nitrogens with zero attached hydrogens (tertiary/aromatic N) is 3. The molecule has 0 spiro atoms. The van der Waals surface area contributed by atoms with Crippen LogP contribution in [0.1, 0.15) is 28.0 Å². The highest BCUT2D eigenvalue weighted by Crippen LogP contribution is 2.27. The van der Waals surface area contributed by atoms with Gasteiger partial charge in [0.15, 0.2) is 5.78 Å². The molecule has 2 N–H and O–H groups in total. The minimum Gasteiger partial charge on any atom is -0.506 e. The number of rotatable bonds is 8. The maximum absolute atomic E-state index is 13.6. The Bertz CT molecular complexity index is 1850. The third kappa shape index (κ3) is 4.87. The molecule has 5 aromatic rings. The number of nitrogens with one attached hydrogen (secondary N) is 1. The zero-order chi connectivity index (χ0) is 28.4. The van der Waals surface area contributed by atoms with Gasteiger partial charge in [-0.25, -0.2) is 4.68 Å². The highest BCUT2D eigenvalue weighted by atomic mass is 16.3. The highest BCUT2D eigenvalue weighted by Gasteiger charge is 2.25. The molecular weight excluding hydrogens is 504 g/mol. The maximum atomic E-state index is 13.6. The third-order valence-corrected chi connectivity index (χ3v) is 7.16. The Hall–Kier alpha value is -5.11. The van der Waals surface area contributed by atoms with Gasteiger partial charge < -0.3 is 15.0 Å². The van der Waals surface area contributed by atoms with Crippen molar-refractivity contribution < 1.29 is 9.90 Å². The molecule has 0 saturated carbocycles. The fourth-order valence-corrected chi connectivity index (χ4v) is 4.91. The number of aryl methyl sites for hydroxylation is 1. The third-order valence-electron chi connectivity index (χ3n) is 7.16. The first-order chi connectivity index (χ1) is 19.3. The van der Waals surface area contributed by atoms with E-state index < -0.39 is 17.4 Å². The molecule has 8 nitrogen and oxygen atoms in total. The number of fused-ring (bicyclic) bond motifs is 1. The summed E-state index contributed by atoms with van der Waals surface area (Å²) in [4.78, 5) is 40.3. The second kappa shape index (κ2) is 10.9. The van der Waals surface area contributed by atoms with Crippen molar-refractivity contribution in [2.24, 2.45) is 14.1 Å². The van der Waals surface area contributed by atoms with Crippen LogP contribution in [0, 0.1) is 6.92 Å². The number of carbonyl (C=O) groups is 1. The second-order valence-electron chi connectivity index (χ2n) is 9.69. The van der Waals surface area contributed by atoms with E-state index in [0.29, 0.717) is 28.0 Å². The lowest BCUT2D eigenvalue weighted by molar-refractivity contribution is 0.0976. The summed E-state index contributed by atoms with van der Waals surface area (Å²) in [6.45, 7) is 1.83. The average molecular weight is 535 g/mol. The van der Waals surface area contributed by atoms with Crippen molar-refractivity contribution in [3.8, 4) is 11.4 Å². The van der Waals surface area contributed by atoms with Gasteiger partial charge in [0.2, 0.25) is 0 Å². The number of aromatic hydroxyl groups is 1. The lowest BCUT2D eigenvalue weighted by Gasteiger charge is -2.16. The van der Waals surface area contributed by atoms with E-state index in [4.69, 9.17) is 0 Å². The number of ketones is 1. The highest BCUT2D eigenvalue weighted by molar-refractivity contribution is 6.04. The van der Waals surface area contributed by atoms with Gasteiger partial charge in [-0.1, -0.05) is 72.8 Å². The van der Waals surface area contributed by atoms with Crippen molar-refractivity contribution in [3.63, 3.8) is 0 Å². The molecule has 0 amide bonds. The predicted octanol–water partition coefficient (Wildman–Crippen LogP) is 4.81. The molecule has 0 fully saturated rings. The van der Waals surface area contributed by atoms with Crippen molar-refractivity contribution >= 4 is 28.4 Å². The Morgan fingerprint density at radius 1 is 0.900 bits per heavy atom. The zero-order valence-corrected chi connectivity index (χ0v) is 22.5. The number of aromatic nitrogens is 3. The summed E-state index contributed by atoms with van der Waals surface area (Å²) in [5, 5.41) is 14.6. The molecule has 1 atom stereocenters. The molecule has 2 aromatic heterocycles. The number of hydrogen-bond donors (Lipinski definition) is 2. The van der Waals surface area contributed by atoms with Crippen LogP contribution in [0.15, 0.2) is 101 Å². The maximum Gasteiger partial charge on any atom is 0.295 e. The van der Waals surface area contributed by atoms with Crippen LogP contribution in [0.25, 0.3) is 22.7 Å². The van der Waals surface area contributed by atoms with Crippen LogP contribution in [0.3, 0.4) is 0 Å². The summed E-state index contributed by atoms with van der Waals surface area (Å²) in [7, 11) is 3.37. The van der Waals surface area contributed by atoms with E-state index in [1.807, 2.05) is 73.7 Å². The summed E-state index contributed by atoms with van der Waals surface area (Å²) in [6.07, 6.45) is 3.50. The van der Waals surface area contributed by atoms with Crippen LogP contribution >= 0.6 is 0 Å². The molecule has 202 valence electrons. The number of carbonyl (C=O) groups excluding carboxylic acids is 1. The van der Waals surface area contributed by atoms with Gasteiger partial charge in [-0.3, -0.25) is 19.1 Å². The van der Waals surface area contributed by atoms with Gasteiger partial charge in [-0.15, -0.1) is 0 Å². The molecule has 40 heavy (non-hydrogen) atoms. The molecule has 0 unspecified atom stereocenters. The van der Waals surface area contributed by atoms with Crippen molar-refractivity contribution in [3.05, 3.63) is 129 Å². The molecule has 0 aliphatic rings. The van der Waals surface area contributed by atoms with Gasteiger partial charge in [-0.2, -0.15) is 0 Å². The summed E-state index contributed by atoms with van der Waals surface area (Å²) in [5.74, 6) is -0.868. The molecule has 5 rings (SSSR count). The normalized spacial score (nSPS) is 12.2. The number of Topliss-reactive ketones (excluding diaryl/α,β-unsaturated/α-hetero) is 1. The van der Waals surface area contributed by atoms with Crippen LogP contribution in [0.4, 0.5) is 5.69 Å². The van der Waals surface area contributed by atoms with E-state index >= 15 is 0 Å². The Kier molecular flexibility index (Phi) is 7.25. The quantitative estimate of drug-likeness (QED) is 0.279. The van der Waals surface area contributed by atoms with Gasteiger partial charge in [0.25, 0.3) is 11.1 Å². The van der Waals surface area contributed by atoms with Gasteiger partial charge in [0, 0.05) is 25.9 Å². The van der Waals surface area contributed by atoms with Crippen molar-refractivity contribution in [1.82, 2.24) is 13.9 Å². The van der Waals surface area contributed by atoms with Gasteiger partial charge in [0.1, 0.15) is 17.0 Å². The van der Waals surface area contributed by atoms with E-state index in [9.17, 15) is 19.5 Å². The predicted molar refractivity (Wildman–Crippen MR) is 158 cm³/mol. The van der Waals surface area contributed by atoms with E-state index in [1.165, 1.54) is 4.57 Å². The number of pyridine rings is 1. The van der Waals surface area contributed by atoms with Gasteiger partial charge >= 0.3 is 0 Å². The number of anilines is 1. The average Bonchev–Trinajstić information content (AvgIpc) is 3.18. The first-order valence-electron chi connectivity index (χ1n) is 13.0. The van der Waals surface area contributed by atoms with Crippen molar-refractivity contribution in [2.45, 2.75) is 19.4 Å². The minimum absolute atomic E-state index is 0.163. The first kappa shape index (κ1) is 26.5. The van der Waals surface area contributed by atoms with Gasteiger partial charge in [0.05, 0.1) is 22.9 Å². The van der Waals surface area contributed by atoms with E-state index in [2.05, 4.69) is 5.32 Å². The molecule has 8 heteroatoms. The number of benzene rings is 3. The van der Waals surface area contributed by atoms with Crippen LogP contribution in [0.2, 0.25) is 0 Å². The van der Waals surface area contributed by atoms with Crippen LogP contribution in [-0.2, 0) is 14.1 Å². The molecule has 2 heterocycles. The number of hydrogen-bond acceptors (Lipinski definition) is 5. The zero-order valence-electron chi connectivity index (χ0n) is 22.5. The lowest BCUT2D eigenvalue weighted by Crippen LogP contribution is -2.30. The van der Waals surface area contributed by atoms with Crippen LogP contribution in [-0.4, -0.2) is 30.9 Å². The Morgan fingerprint density at radius 3 is 2.23 bits per heavy atom. The molecule has 0 aliphatic carbocycles. The Labute approximate surface area is 231 Å². The van der Waals surface area contributed by atoms with Crippen molar-refractivity contribution in [1.29, 1.82) is 0 Å². The molecule has 0 saturated heterocycles.